The first kappa shape index (κ1) is 24.2. The first-order valence-electron chi connectivity index (χ1n) is 10.9. The van der Waals surface area contributed by atoms with Gasteiger partial charge in [0.1, 0.15) is 11.5 Å². The zero-order valence-electron chi connectivity index (χ0n) is 18.2. The average molecular weight is 432 g/mol. The van der Waals surface area contributed by atoms with Crippen LogP contribution in [0.5, 0.6) is 0 Å². The molecule has 31 heavy (non-hydrogen) atoms. The molecule has 0 atom stereocenters. The van der Waals surface area contributed by atoms with E-state index in [4.69, 9.17) is 0 Å². The number of aldehydes is 1. The normalized spacial score (nSPS) is 13.9. The van der Waals surface area contributed by atoms with Crippen LogP contribution in [0.15, 0.2) is 29.3 Å². The molecule has 0 aliphatic heterocycles. The molecule has 0 unspecified atom stereocenters. The molecule has 2 aromatic rings. The van der Waals surface area contributed by atoms with Crippen LogP contribution in [0.1, 0.15) is 70.7 Å². The Kier molecular flexibility index (Phi) is 9.80. The highest BCUT2D eigenvalue weighted by Gasteiger charge is 2.21. The van der Waals surface area contributed by atoms with Gasteiger partial charge in [-0.1, -0.05) is 19.1 Å². The van der Waals surface area contributed by atoms with Crippen molar-refractivity contribution < 1.29 is 15.8 Å². The fourth-order valence-electron chi connectivity index (χ4n) is 3.48. The second-order valence-corrected chi connectivity index (χ2v) is 7.41. The van der Waals surface area contributed by atoms with Crippen molar-refractivity contribution >= 4 is 23.7 Å². The first-order valence-corrected chi connectivity index (χ1v) is 10.9. The Labute approximate surface area is 183 Å². The van der Waals surface area contributed by atoms with Crippen molar-refractivity contribution in [1.29, 1.82) is 0 Å². The maximum absolute atomic E-state index is 12.3. The van der Waals surface area contributed by atoms with E-state index in [1.165, 1.54) is 6.07 Å². The summed E-state index contributed by atoms with van der Waals surface area (Å²) in [7, 11) is 0. The third-order valence-electron chi connectivity index (χ3n) is 5.13. The molecule has 1 N–H and O–H groups in total. The predicted octanol–water partition coefficient (Wildman–Crippen LogP) is 3.09. The molecule has 9 nitrogen and oxygen atoms in total. The average Bonchev–Trinajstić information content (AvgIpc) is 3.23. The van der Waals surface area contributed by atoms with E-state index < -0.39 is 0 Å². The Morgan fingerprint density at radius 3 is 2.58 bits per heavy atom. The van der Waals surface area contributed by atoms with Gasteiger partial charge in [0.2, 0.25) is 5.91 Å². The van der Waals surface area contributed by atoms with E-state index in [1.54, 1.807) is 27.7 Å². The summed E-state index contributed by atoms with van der Waals surface area (Å²) >= 11 is 0. The van der Waals surface area contributed by atoms with Crippen molar-refractivity contribution in [1.82, 2.24) is 19.6 Å². The van der Waals surface area contributed by atoms with Crippen LogP contribution in [0.25, 0.3) is 0 Å². The highest BCUT2D eigenvalue weighted by atomic mass is 16.2. The van der Waals surface area contributed by atoms with Crippen LogP contribution in [-0.4, -0.2) is 37.5 Å². The van der Waals surface area contributed by atoms with Gasteiger partial charge >= 0.3 is 0 Å². The Bertz CT molecular complexity index is 930. The van der Waals surface area contributed by atoms with Crippen LogP contribution in [-0.2, 0) is 22.7 Å². The van der Waals surface area contributed by atoms with E-state index in [9.17, 15) is 19.2 Å². The molecule has 1 aliphatic rings. The molecule has 0 saturated heterocycles. The number of Topliss-reactive ketones (excluding diaryl/α,β-unsaturated/α-hetero) is 1. The molecule has 1 amide bonds. The third kappa shape index (κ3) is 7.92. The number of nitrogens with one attached hydrogen (secondary N) is 1. The number of nitrogens with zero attached hydrogens (tertiary/aromatic N) is 4. The largest absolute Gasteiger partial charge is 0.326 e. The monoisotopic (exact) mass is 431 g/mol. The number of amides is 1. The molecule has 9 heteroatoms. The highest BCUT2D eigenvalue weighted by molar-refractivity contribution is 5.91. The molecule has 1 fully saturated rings. The van der Waals surface area contributed by atoms with Gasteiger partial charge < -0.3 is 9.88 Å². The Balaban J connectivity index is 0.00000166. The number of aromatic nitrogens is 4. The summed E-state index contributed by atoms with van der Waals surface area (Å²) < 4.78 is 3.20. The molecule has 1 aliphatic carbocycles. The number of carbonyl (C=O) groups excluding carboxylic acids is 3. The molecule has 2 aromatic heterocycles. The molecule has 0 radical (unpaired) electrons. The van der Waals surface area contributed by atoms with E-state index in [0.717, 1.165) is 25.7 Å². The lowest BCUT2D eigenvalue weighted by Gasteiger charge is -2.20. The van der Waals surface area contributed by atoms with Crippen LogP contribution >= 0.6 is 0 Å². The predicted molar refractivity (Wildman–Crippen MR) is 119 cm³/mol. The second-order valence-electron chi connectivity index (χ2n) is 7.41. The fraction of sp³-hybridized carbons (Fsp3) is 0.545. The summed E-state index contributed by atoms with van der Waals surface area (Å²) in [6.45, 7) is 5.18. The molecule has 2 heterocycles. The minimum atomic E-state index is -0.171. The summed E-state index contributed by atoms with van der Waals surface area (Å²) in [4.78, 5) is 46.3. The van der Waals surface area contributed by atoms with Crippen molar-refractivity contribution in [2.24, 2.45) is 5.92 Å². The van der Waals surface area contributed by atoms with Crippen LogP contribution in [0.4, 0.5) is 5.69 Å². The number of anilines is 1. The lowest BCUT2D eigenvalue weighted by molar-refractivity contribution is -0.123. The minimum Gasteiger partial charge on any atom is -0.326 e. The Morgan fingerprint density at radius 1 is 1.23 bits per heavy atom. The van der Waals surface area contributed by atoms with Crippen LogP contribution in [0, 0.1) is 5.92 Å². The van der Waals surface area contributed by atoms with Gasteiger partial charge in [-0.15, -0.1) is 5.10 Å². The quantitative estimate of drug-likeness (QED) is 0.482. The van der Waals surface area contributed by atoms with Crippen LogP contribution < -0.4 is 10.9 Å². The van der Waals surface area contributed by atoms with Gasteiger partial charge in [-0.2, -0.15) is 0 Å². The summed E-state index contributed by atoms with van der Waals surface area (Å²) in [5, 5.41) is 10.3. The summed E-state index contributed by atoms with van der Waals surface area (Å²) in [5.74, 6) is 0.391. The number of aryl methyl sites for hydroxylation is 2. The van der Waals surface area contributed by atoms with Crippen molar-refractivity contribution in [2.45, 2.75) is 71.9 Å². The Morgan fingerprint density at radius 2 is 1.94 bits per heavy atom. The zero-order chi connectivity index (χ0) is 22.6. The van der Waals surface area contributed by atoms with E-state index in [2.05, 4.69) is 15.6 Å². The maximum atomic E-state index is 12.3. The maximum Gasteiger partial charge on any atom is 0.252 e. The number of hydrogen-bond donors (Lipinski definition) is 1. The molecule has 3 rings (SSSR count). The number of carbonyl (C=O) groups is 3. The van der Waals surface area contributed by atoms with Crippen molar-refractivity contribution in [3.8, 4) is 0 Å². The highest BCUT2D eigenvalue weighted by Crippen LogP contribution is 2.24. The van der Waals surface area contributed by atoms with Gasteiger partial charge in [0.05, 0.1) is 6.20 Å². The van der Waals surface area contributed by atoms with Gasteiger partial charge in [-0.25, -0.2) is 0 Å². The van der Waals surface area contributed by atoms with Crippen LogP contribution in [0.2, 0.25) is 0 Å². The smallest absolute Gasteiger partial charge is 0.252 e. The number of hydrogen-bond acceptors (Lipinski definition) is 6. The molecule has 0 bridgehead atoms. The molecule has 1 saturated carbocycles. The van der Waals surface area contributed by atoms with Gasteiger partial charge in [0.25, 0.3) is 5.56 Å². The van der Waals surface area contributed by atoms with Crippen molar-refractivity contribution in [2.75, 3.05) is 5.32 Å². The standard InChI is InChI=1S/C20H25N5O4.C2H6.H2/c26-14-17-13-25(23-22-17)9-2-1-8-24-10-7-16(12-20(24)29)21-19(28)11-15-3-5-18(27)6-4-15;1-2;/h7,10,12-15H,1-6,8-9,11H2,(H,21,28);1-2H3;1H. The van der Waals surface area contributed by atoms with E-state index in [-0.39, 0.29) is 24.6 Å². The minimum absolute atomic E-state index is 0. The van der Waals surface area contributed by atoms with E-state index in [1.807, 2.05) is 13.8 Å². The summed E-state index contributed by atoms with van der Waals surface area (Å²) in [6, 6.07) is 3.15. The summed E-state index contributed by atoms with van der Waals surface area (Å²) in [5.41, 5.74) is 0.623. The number of unbranched alkanes of at least 4 members (excludes halogenated alkanes) is 1. The summed E-state index contributed by atoms with van der Waals surface area (Å²) in [6.07, 6.45) is 8.49. The lowest BCUT2D eigenvalue weighted by atomic mass is 9.86. The van der Waals surface area contributed by atoms with Gasteiger partial charge in [0.15, 0.2) is 6.29 Å². The molecule has 0 aromatic carbocycles. The topological polar surface area (TPSA) is 116 Å². The van der Waals surface area contributed by atoms with Crippen LogP contribution in [0.3, 0.4) is 0 Å². The van der Waals surface area contributed by atoms with Gasteiger partial charge in [0, 0.05) is 51.7 Å². The molecular weight excluding hydrogens is 398 g/mol. The SMILES string of the molecule is CC.O=Cc1cn(CCCCn2ccc(NC(=O)CC3CCC(=O)CC3)cc2=O)nn1.[HH]. The third-order valence-corrected chi connectivity index (χ3v) is 5.13. The number of rotatable bonds is 9. The van der Waals surface area contributed by atoms with E-state index >= 15 is 0 Å². The lowest BCUT2D eigenvalue weighted by Crippen LogP contribution is -2.23. The zero-order valence-corrected chi connectivity index (χ0v) is 18.2. The Hall–Kier alpha value is -3.10. The first-order chi connectivity index (χ1) is 15.0. The van der Waals surface area contributed by atoms with Crippen molar-refractivity contribution in [3.63, 3.8) is 0 Å². The fourth-order valence-corrected chi connectivity index (χ4v) is 3.48. The molecular formula is C22H33N5O4. The van der Waals surface area contributed by atoms with Crippen molar-refractivity contribution in [3.05, 3.63) is 40.6 Å². The van der Waals surface area contributed by atoms with Gasteiger partial charge in [-0.05, 0) is 37.7 Å². The van der Waals surface area contributed by atoms with Gasteiger partial charge in [-0.3, -0.25) is 23.9 Å². The molecule has 170 valence electrons. The molecule has 0 spiro atoms. The van der Waals surface area contributed by atoms with E-state index in [0.29, 0.717) is 50.0 Å². The second kappa shape index (κ2) is 12.6. The number of ketones is 1. The number of pyridine rings is 1.